The van der Waals surface area contributed by atoms with Crippen molar-refractivity contribution in [2.24, 2.45) is 0 Å². The van der Waals surface area contributed by atoms with Crippen molar-refractivity contribution in [3.63, 3.8) is 0 Å². The average molecular weight is 434 g/mol. The number of carbonyl (C=O) groups is 3. The SMILES string of the molecule is CC(C)OC(=O)C(=O)NC(Cc1ccc(-c2cccc(Cl)c2)cc1)CC(O)C(=O)O. The molecule has 0 saturated heterocycles. The highest BCUT2D eigenvalue weighted by Crippen LogP contribution is 2.23. The second-order valence-electron chi connectivity index (χ2n) is 7.13. The van der Waals surface area contributed by atoms with Gasteiger partial charge in [0.15, 0.2) is 6.10 Å². The summed E-state index contributed by atoms with van der Waals surface area (Å²) in [5.74, 6) is -3.45. The lowest BCUT2D eigenvalue weighted by Crippen LogP contribution is -2.44. The molecule has 2 aromatic carbocycles. The van der Waals surface area contributed by atoms with Crippen molar-refractivity contribution in [2.45, 2.75) is 44.9 Å². The third-order valence-electron chi connectivity index (χ3n) is 4.25. The molecule has 0 spiro atoms. The number of ether oxygens (including phenoxy) is 1. The van der Waals surface area contributed by atoms with E-state index in [2.05, 4.69) is 5.32 Å². The minimum atomic E-state index is -1.68. The maximum Gasteiger partial charge on any atom is 0.397 e. The van der Waals surface area contributed by atoms with Gasteiger partial charge in [-0.05, 0) is 49.1 Å². The van der Waals surface area contributed by atoms with Crippen molar-refractivity contribution in [1.82, 2.24) is 5.32 Å². The number of aliphatic hydroxyl groups excluding tert-OH is 1. The molecule has 2 unspecified atom stereocenters. The van der Waals surface area contributed by atoms with Crippen LogP contribution in [0.3, 0.4) is 0 Å². The second-order valence-corrected chi connectivity index (χ2v) is 7.56. The van der Waals surface area contributed by atoms with Gasteiger partial charge in [0.2, 0.25) is 0 Å². The number of carbonyl (C=O) groups excluding carboxylic acids is 2. The lowest BCUT2D eigenvalue weighted by Gasteiger charge is -2.20. The predicted octanol–water partition coefficient (Wildman–Crippen LogP) is 2.82. The Bertz CT molecular complexity index is 897. The summed E-state index contributed by atoms with van der Waals surface area (Å²) < 4.78 is 4.85. The van der Waals surface area contributed by atoms with Crippen molar-refractivity contribution in [3.05, 3.63) is 59.1 Å². The lowest BCUT2D eigenvalue weighted by molar-refractivity contribution is -0.158. The zero-order valence-electron chi connectivity index (χ0n) is 16.7. The first kappa shape index (κ1) is 23.4. The van der Waals surface area contributed by atoms with Gasteiger partial charge in [-0.1, -0.05) is 48.0 Å². The van der Waals surface area contributed by atoms with Gasteiger partial charge in [0.25, 0.3) is 0 Å². The van der Waals surface area contributed by atoms with Crippen LogP contribution in [-0.2, 0) is 25.5 Å². The van der Waals surface area contributed by atoms with Crippen molar-refractivity contribution < 1.29 is 29.3 Å². The van der Waals surface area contributed by atoms with Crippen LogP contribution in [0.2, 0.25) is 5.02 Å². The zero-order valence-corrected chi connectivity index (χ0v) is 17.4. The quantitative estimate of drug-likeness (QED) is 0.436. The summed E-state index contributed by atoms with van der Waals surface area (Å²) in [5.41, 5.74) is 2.67. The molecule has 7 nitrogen and oxygen atoms in total. The van der Waals surface area contributed by atoms with Crippen molar-refractivity contribution >= 4 is 29.4 Å². The van der Waals surface area contributed by atoms with E-state index in [4.69, 9.17) is 21.4 Å². The smallest absolute Gasteiger partial charge is 0.397 e. The van der Waals surface area contributed by atoms with E-state index in [1.807, 2.05) is 42.5 Å². The molecular formula is C22H24ClNO6. The fraction of sp³-hybridized carbons (Fsp3) is 0.318. The van der Waals surface area contributed by atoms with Crippen LogP contribution in [0.4, 0.5) is 0 Å². The van der Waals surface area contributed by atoms with Crippen molar-refractivity contribution in [3.8, 4) is 11.1 Å². The van der Waals surface area contributed by atoms with Gasteiger partial charge in [0, 0.05) is 17.5 Å². The van der Waals surface area contributed by atoms with E-state index in [1.54, 1.807) is 19.9 Å². The zero-order chi connectivity index (χ0) is 22.3. The number of halogens is 1. The molecule has 0 saturated carbocycles. The summed E-state index contributed by atoms with van der Waals surface area (Å²) in [6.45, 7) is 3.22. The number of rotatable bonds is 8. The van der Waals surface area contributed by atoms with E-state index in [-0.39, 0.29) is 12.8 Å². The van der Waals surface area contributed by atoms with Crippen LogP contribution in [0.1, 0.15) is 25.8 Å². The van der Waals surface area contributed by atoms with Gasteiger partial charge >= 0.3 is 17.8 Å². The Morgan fingerprint density at radius 1 is 1.07 bits per heavy atom. The highest BCUT2D eigenvalue weighted by atomic mass is 35.5. The summed E-state index contributed by atoms with van der Waals surface area (Å²) in [6, 6.07) is 14.0. The van der Waals surface area contributed by atoms with Crippen molar-refractivity contribution in [1.29, 1.82) is 0 Å². The molecule has 1 amide bonds. The van der Waals surface area contributed by atoms with Crippen LogP contribution < -0.4 is 5.32 Å². The maximum absolute atomic E-state index is 12.1. The summed E-state index contributed by atoms with van der Waals surface area (Å²) in [6.07, 6.45) is -2.18. The minimum Gasteiger partial charge on any atom is -0.479 e. The molecule has 0 heterocycles. The molecule has 2 aromatic rings. The molecule has 0 fully saturated rings. The maximum atomic E-state index is 12.1. The van der Waals surface area contributed by atoms with Crippen LogP contribution in [-0.4, -0.2) is 46.3 Å². The molecule has 160 valence electrons. The number of esters is 1. The Kier molecular flexibility index (Phi) is 8.38. The summed E-state index contributed by atoms with van der Waals surface area (Å²) in [4.78, 5) is 34.9. The van der Waals surface area contributed by atoms with Gasteiger partial charge in [-0.25, -0.2) is 9.59 Å². The van der Waals surface area contributed by atoms with Crippen LogP contribution in [0, 0.1) is 0 Å². The van der Waals surface area contributed by atoms with E-state index in [0.717, 1.165) is 16.7 Å². The predicted molar refractivity (Wildman–Crippen MR) is 112 cm³/mol. The first-order valence-corrected chi connectivity index (χ1v) is 9.80. The summed E-state index contributed by atoms with van der Waals surface area (Å²) in [5, 5.41) is 21.8. The van der Waals surface area contributed by atoms with Gasteiger partial charge in [0.05, 0.1) is 6.10 Å². The van der Waals surface area contributed by atoms with Crippen LogP contribution >= 0.6 is 11.6 Å². The number of aliphatic carboxylic acids is 1. The Balaban J connectivity index is 2.13. The van der Waals surface area contributed by atoms with Gasteiger partial charge in [0.1, 0.15) is 0 Å². The molecular weight excluding hydrogens is 410 g/mol. The molecule has 0 aliphatic heterocycles. The number of nitrogens with one attached hydrogen (secondary N) is 1. The Labute approximate surface area is 179 Å². The topological polar surface area (TPSA) is 113 Å². The molecule has 8 heteroatoms. The van der Waals surface area contributed by atoms with Crippen molar-refractivity contribution in [2.75, 3.05) is 0 Å². The monoisotopic (exact) mass is 433 g/mol. The second kappa shape index (κ2) is 10.8. The standard InChI is InChI=1S/C22H24ClNO6/c1-13(2)30-22(29)20(26)24-18(12-19(25)21(27)28)10-14-6-8-15(9-7-14)16-4-3-5-17(23)11-16/h3-9,11,13,18-19,25H,10,12H2,1-2H3,(H,24,26)(H,27,28). The normalized spacial score (nSPS) is 12.8. The first-order valence-electron chi connectivity index (χ1n) is 9.43. The van der Waals surface area contributed by atoms with Gasteiger partial charge < -0.3 is 20.3 Å². The van der Waals surface area contributed by atoms with Crippen LogP contribution in [0.5, 0.6) is 0 Å². The minimum absolute atomic E-state index is 0.223. The van der Waals surface area contributed by atoms with Gasteiger partial charge in [-0.2, -0.15) is 0 Å². The number of carboxylic acid groups (broad SMARTS) is 1. The average Bonchev–Trinajstić information content (AvgIpc) is 2.67. The number of carboxylic acids is 1. The molecule has 0 bridgehead atoms. The van der Waals surface area contributed by atoms with E-state index < -0.39 is 36.1 Å². The molecule has 2 rings (SSSR count). The van der Waals surface area contributed by atoms with Gasteiger partial charge in [-0.3, -0.25) is 4.79 Å². The number of amides is 1. The lowest BCUT2D eigenvalue weighted by atomic mass is 9.98. The third-order valence-corrected chi connectivity index (χ3v) is 4.49. The fourth-order valence-corrected chi connectivity index (χ4v) is 3.05. The molecule has 0 aliphatic carbocycles. The largest absolute Gasteiger partial charge is 0.479 e. The molecule has 0 aromatic heterocycles. The summed E-state index contributed by atoms with van der Waals surface area (Å²) in [7, 11) is 0. The van der Waals surface area contributed by atoms with E-state index in [0.29, 0.717) is 5.02 Å². The highest BCUT2D eigenvalue weighted by molar-refractivity contribution is 6.32. The molecule has 0 aliphatic rings. The van der Waals surface area contributed by atoms with E-state index >= 15 is 0 Å². The number of benzene rings is 2. The van der Waals surface area contributed by atoms with E-state index in [1.165, 1.54) is 0 Å². The molecule has 3 N–H and O–H groups in total. The number of hydrogen-bond acceptors (Lipinski definition) is 5. The molecule has 0 radical (unpaired) electrons. The summed E-state index contributed by atoms with van der Waals surface area (Å²) >= 11 is 6.02. The molecule has 30 heavy (non-hydrogen) atoms. The van der Waals surface area contributed by atoms with Gasteiger partial charge in [-0.15, -0.1) is 0 Å². The Hall–Kier alpha value is -2.90. The fourth-order valence-electron chi connectivity index (χ4n) is 2.86. The molecule has 2 atom stereocenters. The number of hydrogen-bond donors (Lipinski definition) is 3. The third kappa shape index (κ3) is 7.17. The first-order chi connectivity index (χ1) is 14.2. The number of aliphatic hydroxyl groups is 1. The Morgan fingerprint density at radius 3 is 2.30 bits per heavy atom. The Morgan fingerprint density at radius 2 is 1.73 bits per heavy atom. The van der Waals surface area contributed by atoms with Crippen LogP contribution in [0.15, 0.2) is 48.5 Å². The highest BCUT2D eigenvalue weighted by Gasteiger charge is 2.25. The van der Waals surface area contributed by atoms with Crippen LogP contribution in [0.25, 0.3) is 11.1 Å². The van der Waals surface area contributed by atoms with E-state index in [9.17, 15) is 19.5 Å².